The number of methoxy groups -OCH3 is 1. The van der Waals surface area contributed by atoms with Crippen LogP contribution in [0.5, 0.6) is 5.75 Å². The fourth-order valence-electron chi connectivity index (χ4n) is 8.12. The van der Waals surface area contributed by atoms with Crippen LogP contribution in [0.4, 0.5) is 0 Å². The number of hydrogen-bond acceptors (Lipinski definition) is 6. The zero-order valence-corrected chi connectivity index (χ0v) is 28.5. The number of rotatable bonds is 10. The highest BCUT2D eigenvalue weighted by atomic mass is 16.6. The smallest absolute Gasteiger partial charge is 0.338 e. The van der Waals surface area contributed by atoms with Crippen molar-refractivity contribution in [1.82, 2.24) is 14.8 Å². The minimum atomic E-state index is -0.607. The molecule has 6 rings (SSSR count). The van der Waals surface area contributed by atoms with Crippen LogP contribution in [-0.2, 0) is 20.8 Å². The van der Waals surface area contributed by atoms with Gasteiger partial charge in [-0.25, -0.2) is 4.79 Å². The Hall–Kier alpha value is -3.36. The predicted molar refractivity (Wildman–Crippen MR) is 182 cm³/mol. The van der Waals surface area contributed by atoms with Gasteiger partial charge >= 0.3 is 5.97 Å². The van der Waals surface area contributed by atoms with Crippen molar-refractivity contribution in [1.29, 1.82) is 0 Å². The Kier molecular flexibility index (Phi) is 9.23. The topological polar surface area (TPSA) is 82.0 Å². The summed E-state index contributed by atoms with van der Waals surface area (Å²) < 4.78 is 19.8. The third-order valence-electron chi connectivity index (χ3n) is 10.5. The Labute approximate surface area is 273 Å². The fraction of sp³-hybridized carbons (Fsp3) is 0.579. The third kappa shape index (κ3) is 5.95. The van der Waals surface area contributed by atoms with E-state index in [1.807, 2.05) is 51.9 Å². The average Bonchev–Trinajstić information content (AvgIpc) is 3.31. The van der Waals surface area contributed by atoms with Gasteiger partial charge in [0.1, 0.15) is 11.4 Å². The van der Waals surface area contributed by atoms with E-state index in [1.165, 1.54) is 47.0 Å². The number of hydrogen-bond donors (Lipinski definition) is 1. The van der Waals surface area contributed by atoms with Crippen LogP contribution in [0, 0.1) is 5.41 Å². The standard InChI is InChI=1S/C38H51N3O5/c1-37(2,3)46-35(42)26-12-14-29-32(22-26)41-24-38(36(43)40(5)19-21-45-20-18-39-4)17-16-31(38)30-23-27(44-6)13-15-28(30)34(41)33(29)25-10-8-7-9-11-25/h12-15,22-23,25,31,39H,7-11,16-21,24H2,1-6H3/t31-,38-/m1/s1. The molecule has 2 saturated carbocycles. The molecular weight excluding hydrogens is 578 g/mol. The van der Waals surface area contributed by atoms with Gasteiger partial charge in [0, 0.05) is 49.1 Å². The van der Waals surface area contributed by atoms with Gasteiger partial charge in [0.15, 0.2) is 0 Å². The number of benzene rings is 2. The van der Waals surface area contributed by atoms with Gasteiger partial charge in [-0.05, 0) is 101 Å². The highest BCUT2D eigenvalue weighted by Gasteiger charge is 2.57. The molecule has 0 radical (unpaired) electrons. The lowest BCUT2D eigenvalue weighted by Gasteiger charge is -2.49. The Morgan fingerprint density at radius 1 is 1.04 bits per heavy atom. The van der Waals surface area contributed by atoms with Crippen LogP contribution in [0.25, 0.3) is 22.2 Å². The molecule has 0 saturated heterocycles. The number of esters is 1. The van der Waals surface area contributed by atoms with Crippen LogP contribution in [0.15, 0.2) is 36.4 Å². The Morgan fingerprint density at radius 3 is 2.50 bits per heavy atom. The minimum absolute atomic E-state index is 0.0703. The van der Waals surface area contributed by atoms with Crippen molar-refractivity contribution in [2.45, 2.75) is 89.7 Å². The van der Waals surface area contributed by atoms with E-state index in [0.717, 1.165) is 43.5 Å². The number of amides is 1. The minimum Gasteiger partial charge on any atom is -0.497 e. The van der Waals surface area contributed by atoms with Gasteiger partial charge in [-0.1, -0.05) is 25.3 Å². The highest BCUT2D eigenvalue weighted by Crippen LogP contribution is 2.61. The van der Waals surface area contributed by atoms with Gasteiger partial charge < -0.3 is 29.0 Å². The van der Waals surface area contributed by atoms with Crippen molar-refractivity contribution in [2.24, 2.45) is 5.41 Å². The zero-order valence-electron chi connectivity index (χ0n) is 28.5. The van der Waals surface area contributed by atoms with Crippen molar-refractivity contribution in [3.05, 3.63) is 53.1 Å². The van der Waals surface area contributed by atoms with Crippen molar-refractivity contribution in [2.75, 3.05) is 47.5 Å². The van der Waals surface area contributed by atoms with E-state index in [9.17, 15) is 9.59 Å². The van der Waals surface area contributed by atoms with Crippen molar-refractivity contribution >= 4 is 22.8 Å². The molecule has 1 aromatic heterocycles. The van der Waals surface area contributed by atoms with E-state index >= 15 is 0 Å². The Balaban J connectivity index is 1.52. The normalized spacial score (nSPS) is 21.0. The monoisotopic (exact) mass is 629 g/mol. The lowest BCUT2D eigenvalue weighted by Crippen LogP contribution is -2.53. The van der Waals surface area contributed by atoms with Gasteiger partial charge in [0.05, 0.1) is 37.0 Å². The third-order valence-corrected chi connectivity index (χ3v) is 10.5. The Bertz CT molecular complexity index is 1600. The van der Waals surface area contributed by atoms with E-state index in [-0.39, 0.29) is 17.8 Å². The molecule has 8 nitrogen and oxygen atoms in total. The van der Waals surface area contributed by atoms with Gasteiger partial charge in [-0.2, -0.15) is 0 Å². The first-order valence-corrected chi connectivity index (χ1v) is 17.1. The molecule has 1 amide bonds. The Morgan fingerprint density at radius 2 is 1.83 bits per heavy atom. The number of carbonyl (C=O) groups is 2. The van der Waals surface area contributed by atoms with E-state index in [2.05, 4.69) is 34.1 Å². The fourth-order valence-corrected chi connectivity index (χ4v) is 8.12. The molecule has 0 unspecified atom stereocenters. The average molecular weight is 630 g/mol. The molecule has 46 heavy (non-hydrogen) atoms. The number of ether oxygens (including phenoxy) is 3. The summed E-state index contributed by atoms with van der Waals surface area (Å²) in [5.41, 5.74) is 5.32. The van der Waals surface area contributed by atoms with Gasteiger partial charge in [-0.15, -0.1) is 0 Å². The molecule has 1 N–H and O–H groups in total. The molecule has 2 aromatic carbocycles. The molecular formula is C38H51N3O5. The van der Waals surface area contributed by atoms with E-state index in [0.29, 0.717) is 37.8 Å². The maximum atomic E-state index is 14.6. The number of likely N-dealkylation sites (N-methyl/N-ethyl adjacent to an activating group) is 2. The maximum absolute atomic E-state index is 14.6. The lowest BCUT2D eigenvalue weighted by atomic mass is 9.56. The van der Waals surface area contributed by atoms with Crippen LogP contribution in [-0.4, -0.2) is 74.5 Å². The van der Waals surface area contributed by atoms with Gasteiger partial charge in [0.25, 0.3) is 0 Å². The molecule has 0 bridgehead atoms. The molecule has 248 valence electrons. The van der Waals surface area contributed by atoms with Crippen molar-refractivity contribution in [3.63, 3.8) is 0 Å². The first kappa shape index (κ1) is 32.6. The number of aromatic nitrogens is 1. The quantitative estimate of drug-likeness (QED) is 0.194. The lowest BCUT2D eigenvalue weighted by molar-refractivity contribution is -0.150. The SMILES string of the molecule is CNCCOCCN(C)C(=O)[C@@]12CC[C@@H]1c1cc(OC)ccc1-c1c(C3CCCCC3)c3ccc(C(=O)OC(C)(C)C)cc3n1C2. The summed E-state index contributed by atoms with van der Waals surface area (Å²) in [5.74, 6) is 1.14. The summed E-state index contributed by atoms with van der Waals surface area (Å²) >= 11 is 0. The largest absolute Gasteiger partial charge is 0.497 e. The van der Waals surface area contributed by atoms with Crippen molar-refractivity contribution < 1.29 is 23.8 Å². The number of nitrogens with zero attached hydrogens (tertiary/aromatic N) is 2. The summed E-state index contributed by atoms with van der Waals surface area (Å²) in [6, 6.07) is 12.5. The predicted octanol–water partition coefficient (Wildman–Crippen LogP) is 6.89. The van der Waals surface area contributed by atoms with Crippen LogP contribution in [0.1, 0.15) is 99.0 Å². The van der Waals surface area contributed by atoms with E-state index in [1.54, 1.807) is 7.11 Å². The zero-order chi connectivity index (χ0) is 32.6. The second-order valence-corrected chi connectivity index (χ2v) is 14.6. The second kappa shape index (κ2) is 13.0. The first-order chi connectivity index (χ1) is 22.1. The highest BCUT2D eigenvalue weighted by molar-refractivity contribution is 6.00. The number of carbonyl (C=O) groups excluding carboxylic acids is 2. The molecule has 2 aliphatic carbocycles. The molecule has 2 atom stereocenters. The van der Waals surface area contributed by atoms with Gasteiger partial charge in [-0.3, -0.25) is 4.79 Å². The summed E-state index contributed by atoms with van der Waals surface area (Å²) in [6.45, 7) is 8.68. The van der Waals surface area contributed by atoms with E-state index in [4.69, 9.17) is 14.2 Å². The van der Waals surface area contributed by atoms with Crippen molar-refractivity contribution in [3.8, 4) is 17.0 Å². The molecule has 0 spiro atoms. The summed E-state index contributed by atoms with van der Waals surface area (Å²) in [7, 11) is 5.53. The number of fused-ring (bicyclic) bond motifs is 7. The molecule has 8 heteroatoms. The van der Waals surface area contributed by atoms with Crippen LogP contribution < -0.4 is 10.1 Å². The maximum Gasteiger partial charge on any atom is 0.338 e. The molecule has 1 aliphatic heterocycles. The second-order valence-electron chi connectivity index (χ2n) is 14.6. The molecule has 2 fully saturated rings. The summed E-state index contributed by atoms with van der Waals surface area (Å²) in [5, 5.41) is 4.28. The number of nitrogens with one attached hydrogen (secondary N) is 1. The summed E-state index contributed by atoms with van der Waals surface area (Å²) in [6.07, 6.45) is 7.75. The van der Waals surface area contributed by atoms with Crippen LogP contribution in [0.2, 0.25) is 0 Å². The summed E-state index contributed by atoms with van der Waals surface area (Å²) in [4.78, 5) is 29.9. The van der Waals surface area contributed by atoms with Gasteiger partial charge in [0.2, 0.25) is 5.91 Å². The van der Waals surface area contributed by atoms with Crippen LogP contribution in [0.3, 0.4) is 0 Å². The van der Waals surface area contributed by atoms with Crippen LogP contribution >= 0.6 is 0 Å². The first-order valence-electron chi connectivity index (χ1n) is 17.1. The molecule has 2 heterocycles. The van der Waals surface area contributed by atoms with E-state index < -0.39 is 11.0 Å². The molecule has 3 aliphatic rings. The molecule has 3 aromatic rings.